The van der Waals surface area contributed by atoms with Gasteiger partial charge in [0.15, 0.2) is 0 Å². The summed E-state index contributed by atoms with van der Waals surface area (Å²) < 4.78 is 25.4. The van der Waals surface area contributed by atoms with Crippen molar-refractivity contribution >= 4 is 46.4 Å². The molecule has 454 valence electrons. The zero-order valence-corrected chi connectivity index (χ0v) is 52.7. The third-order valence-corrected chi connectivity index (χ3v) is 16.9. The molecule has 2 aliphatic heterocycles. The van der Waals surface area contributed by atoms with Crippen LogP contribution in [0.3, 0.4) is 0 Å². The molecule has 0 unspecified atom stereocenters. The molecule has 7 aromatic rings. The summed E-state index contributed by atoms with van der Waals surface area (Å²) in [4.78, 5) is 26.4. The normalized spacial score (nSPS) is 12.1. The van der Waals surface area contributed by atoms with E-state index in [1.165, 1.54) is 44.9 Å². The molecule has 0 fully saturated rings. The number of rotatable bonds is 35. The Kier molecular flexibility index (Phi) is 24.1. The molecule has 0 amide bonds. The van der Waals surface area contributed by atoms with Gasteiger partial charge in [-0.2, -0.15) is 0 Å². The number of aromatic nitrogens is 4. The molecule has 0 saturated carbocycles. The Morgan fingerprint density at radius 1 is 0.291 bits per heavy atom. The number of fused-ring (bicyclic) bond motifs is 8. The first kappa shape index (κ1) is 63.1. The van der Waals surface area contributed by atoms with Crippen molar-refractivity contribution in [2.75, 3.05) is 85.3 Å². The second-order valence-electron chi connectivity index (χ2n) is 22.6. The molecule has 0 atom stereocenters. The zero-order chi connectivity index (χ0) is 59.9. The van der Waals surface area contributed by atoms with E-state index in [0.29, 0.717) is 26.4 Å². The van der Waals surface area contributed by atoms with E-state index >= 15 is 0 Å². The summed E-state index contributed by atoms with van der Waals surface area (Å²) in [5.74, 6) is 3.41. The molecule has 0 radical (unpaired) electrons. The number of hydrogen-bond acceptors (Lipinski definition) is 9. The Labute approximate surface area is 513 Å². The van der Waals surface area contributed by atoms with Crippen LogP contribution in [0.1, 0.15) is 142 Å². The smallest absolute Gasteiger partial charge is 0.119 e. The van der Waals surface area contributed by atoms with E-state index in [4.69, 9.17) is 28.9 Å². The summed E-state index contributed by atoms with van der Waals surface area (Å²) in [5.41, 5.74) is 15.2. The molecule has 9 rings (SSSR count). The minimum Gasteiger partial charge on any atom is -0.494 e. The maximum Gasteiger partial charge on any atom is 0.119 e. The van der Waals surface area contributed by atoms with Gasteiger partial charge in [0.25, 0.3) is 0 Å². The molecule has 86 heavy (non-hydrogen) atoms. The van der Waals surface area contributed by atoms with E-state index in [9.17, 15) is 0 Å². The van der Waals surface area contributed by atoms with Crippen molar-refractivity contribution in [1.29, 1.82) is 0 Å². The quantitative estimate of drug-likeness (QED) is 0.0376. The molecule has 0 saturated heterocycles. The third-order valence-electron chi connectivity index (χ3n) is 16.9. The van der Waals surface area contributed by atoms with E-state index in [0.717, 1.165) is 197 Å². The molecule has 8 bridgehead atoms. The molecule has 11 heteroatoms. The summed E-state index contributed by atoms with van der Waals surface area (Å²) in [6.07, 6.45) is 21.6. The van der Waals surface area contributed by atoms with Gasteiger partial charge < -0.3 is 43.6 Å². The van der Waals surface area contributed by atoms with Crippen molar-refractivity contribution in [1.82, 2.24) is 34.6 Å². The molecule has 4 aromatic carbocycles. The first-order valence-electron chi connectivity index (χ1n) is 32.6. The standard InChI is InChI=1S/C75H95N7O4/c1-8-15-16-17-18-19-20-21-52-83-60-33-25-56(26-34-60)72-64-41-43-66(76-64)73(57-27-35-61(36-28-57)84-53-22-49-80(9-2)10-3)68-45-47-70(78-68)75(59-31-39-63(40-32-59)86-55-24-51-82(13-6)14-7)71-48-46-69(79-71)74(67-44-42-65(72)77-67)58-29-37-62(38-30-58)85-54-23-50-81(11-4)12-5/h25-48,78-79H,8-24,49-55H2,1-7H3. The largest absolute Gasteiger partial charge is 0.494 e. The molecular formula is C75H95N7O4. The van der Waals surface area contributed by atoms with Gasteiger partial charge in [0.1, 0.15) is 23.0 Å². The Morgan fingerprint density at radius 2 is 0.558 bits per heavy atom. The lowest BCUT2D eigenvalue weighted by atomic mass is 10.0. The number of nitrogens with zero attached hydrogens (tertiary/aromatic N) is 5. The van der Waals surface area contributed by atoms with Crippen LogP contribution in [0.2, 0.25) is 0 Å². The Hall–Kier alpha value is -7.44. The van der Waals surface area contributed by atoms with Gasteiger partial charge in [-0.1, -0.05) is 142 Å². The predicted octanol–water partition coefficient (Wildman–Crippen LogP) is 18.2. The minimum absolute atomic E-state index is 0.656. The topological polar surface area (TPSA) is 104 Å². The summed E-state index contributed by atoms with van der Waals surface area (Å²) in [7, 11) is 0. The second-order valence-corrected chi connectivity index (χ2v) is 22.6. The highest BCUT2D eigenvalue weighted by Gasteiger charge is 2.21. The van der Waals surface area contributed by atoms with E-state index in [1.54, 1.807) is 0 Å². The second kappa shape index (κ2) is 32.9. The Bertz CT molecular complexity index is 3260. The molecule has 5 heterocycles. The number of nitrogens with one attached hydrogen (secondary N) is 2. The van der Waals surface area contributed by atoms with Gasteiger partial charge in [-0.25, -0.2) is 9.97 Å². The van der Waals surface area contributed by atoms with Gasteiger partial charge in [-0.15, -0.1) is 0 Å². The molecule has 2 N–H and O–H groups in total. The van der Waals surface area contributed by atoms with Gasteiger partial charge in [0.05, 0.1) is 49.2 Å². The number of ether oxygens (including phenoxy) is 4. The van der Waals surface area contributed by atoms with Crippen molar-refractivity contribution < 1.29 is 18.9 Å². The fourth-order valence-electron chi connectivity index (χ4n) is 11.8. The van der Waals surface area contributed by atoms with Gasteiger partial charge in [0, 0.05) is 64.0 Å². The van der Waals surface area contributed by atoms with Crippen LogP contribution in [0.4, 0.5) is 0 Å². The highest BCUT2D eigenvalue weighted by molar-refractivity contribution is 6.00. The summed E-state index contributed by atoms with van der Waals surface area (Å²) in [6, 6.07) is 42.9. The average molecular weight is 1160 g/mol. The summed E-state index contributed by atoms with van der Waals surface area (Å²) in [5, 5.41) is 0. The number of unbranched alkanes of at least 4 members (excludes halogenated alkanes) is 7. The van der Waals surface area contributed by atoms with Crippen molar-refractivity contribution in [3.05, 3.63) is 144 Å². The summed E-state index contributed by atoms with van der Waals surface area (Å²) >= 11 is 0. The van der Waals surface area contributed by atoms with Gasteiger partial charge in [-0.3, -0.25) is 0 Å². The highest BCUT2D eigenvalue weighted by Crippen LogP contribution is 2.40. The van der Waals surface area contributed by atoms with E-state index in [2.05, 4.69) is 219 Å². The van der Waals surface area contributed by atoms with Crippen molar-refractivity contribution in [2.24, 2.45) is 0 Å². The monoisotopic (exact) mass is 1160 g/mol. The Morgan fingerprint density at radius 3 is 0.884 bits per heavy atom. The number of benzene rings is 4. The van der Waals surface area contributed by atoms with Crippen LogP contribution >= 0.6 is 0 Å². The molecule has 0 spiro atoms. The molecule has 3 aromatic heterocycles. The van der Waals surface area contributed by atoms with E-state index < -0.39 is 0 Å². The lowest BCUT2D eigenvalue weighted by molar-refractivity contribution is 0.249. The van der Waals surface area contributed by atoms with Crippen molar-refractivity contribution in [3.63, 3.8) is 0 Å². The zero-order valence-electron chi connectivity index (χ0n) is 52.7. The van der Waals surface area contributed by atoms with Crippen LogP contribution in [-0.2, 0) is 0 Å². The van der Waals surface area contributed by atoms with Crippen LogP contribution in [-0.4, -0.2) is 120 Å². The maximum atomic E-state index is 6.36. The summed E-state index contributed by atoms with van der Waals surface area (Å²) in [6.45, 7) is 27.5. The lowest BCUT2D eigenvalue weighted by Crippen LogP contribution is -2.25. The SMILES string of the molecule is CCCCCCCCCCOc1ccc(-c2c3nc(c(-c4ccc(OCCCN(CC)CC)cc4)c4ccc([nH]4)c(-c4ccc(OCCCN(CC)CC)cc4)c4ccc([nH]4)c(-c4ccc(OCCCN(CC)CC)cc4)c4nc2C=C4)C=C3)cc1. The molecule has 0 aliphatic carbocycles. The van der Waals surface area contributed by atoms with Crippen molar-refractivity contribution in [3.8, 4) is 67.5 Å². The lowest BCUT2D eigenvalue weighted by Gasteiger charge is -2.17. The number of aromatic amines is 2. The first-order valence-corrected chi connectivity index (χ1v) is 32.6. The molecule has 2 aliphatic rings. The fourth-order valence-corrected chi connectivity index (χ4v) is 11.8. The van der Waals surface area contributed by atoms with Crippen LogP contribution < -0.4 is 18.9 Å². The fraction of sp³-hybridized carbons (Fsp3) is 0.413. The van der Waals surface area contributed by atoms with Gasteiger partial charge in [0.2, 0.25) is 0 Å². The minimum atomic E-state index is 0.656. The van der Waals surface area contributed by atoms with Gasteiger partial charge >= 0.3 is 0 Å². The van der Waals surface area contributed by atoms with E-state index in [-0.39, 0.29) is 0 Å². The molecule has 11 nitrogen and oxygen atoms in total. The van der Waals surface area contributed by atoms with Crippen LogP contribution in [0.25, 0.3) is 90.9 Å². The maximum absolute atomic E-state index is 6.36. The number of H-pyrrole nitrogens is 2. The molecular weight excluding hydrogens is 1060 g/mol. The third kappa shape index (κ3) is 17.0. The van der Waals surface area contributed by atoms with Crippen molar-refractivity contribution in [2.45, 2.75) is 119 Å². The van der Waals surface area contributed by atoms with Gasteiger partial charge in [-0.05, 0) is 184 Å². The van der Waals surface area contributed by atoms with E-state index in [1.807, 2.05) is 0 Å². The van der Waals surface area contributed by atoms with Crippen LogP contribution in [0.5, 0.6) is 23.0 Å². The predicted molar refractivity (Wildman–Crippen MR) is 362 cm³/mol. The highest BCUT2D eigenvalue weighted by atomic mass is 16.5. The van der Waals surface area contributed by atoms with Crippen LogP contribution in [0, 0.1) is 0 Å². The first-order chi connectivity index (χ1) is 42.3. The average Bonchev–Trinajstić information content (AvgIpc) is 2.06. The Balaban J connectivity index is 1.17. The van der Waals surface area contributed by atoms with Crippen LogP contribution in [0.15, 0.2) is 121 Å². The number of hydrogen-bond donors (Lipinski definition) is 2.